The molecular weight excluding hydrogens is 234 g/mol. The van der Waals surface area contributed by atoms with Crippen LogP contribution >= 0.6 is 11.3 Å². The van der Waals surface area contributed by atoms with Crippen LogP contribution in [0.2, 0.25) is 0 Å². The van der Waals surface area contributed by atoms with Crippen LogP contribution in [-0.4, -0.2) is 42.5 Å². The first kappa shape index (κ1) is 12.5. The zero-order valence-electron chi connectivity index (χ0n) is 10.2. The van der Waals surface area contributed by atoms with Gasteiger partial charge in [-0.25, -0.2) is 4.98 Å². The largest absolute Gasteiger partial charge is 0.343 e. The molecule has 0 saturated carbocycles. The van der Waals surface area contributed by atoms with E-state index >= 15 is 0 Å². The van der Waals surface area contributed by atoms with Gasteiger partial charge in [0.05, 0.1) is 5.01 Å². The van der Waals surface area contributed by atoms with E-state index in [0.29, 0.717) is 12.3 Å². The highest BCUT2D eigenvalue weighted by Gasteiger charge is 2.24. The van der Waals surface area contributed by atoms with Gasteiger partial charge >= 0.3 is 0 Å². The Balaban J connectivity index is 1.80. The molecule has 1 aliphatic rings. The fourth-order valence-electron chi connectivity index (χ4n) is 2.20. The number of piperidine rings is 1. The van der Waals surface area contributed by atoms with E-state index in [1.807, 2.05) is 23.5 Å². The van der Waals surface area contributed by atoms with Gasteiger partial charge in [0.1, 0.15) is 0 Å². The molecule has 0 unspecified atom stereocenters. The number of likely N-dealkylation sites (tertiary alicyclic amines) is 1. The van der Waals surface area contributed by atoms with Crippen LogP contribution in [0.5, 0.6) is 0 Å². The first-order valence-electron chi connectivity index (χ1n) is 6.13. The van der Waals surface area contributed by atoms with Crippen molar-refractivity contribution >= 4 is 17.2 Å². The van der Waals surface area contributed by atoms with Crippen molar-refractivity contribution in [1.29, 1.82) is 0 Å². The zero-order valence-corrected chi connectivity index (χ0v) is 11.0. The molecular formula is C12H19N3OS. The van der Waals surface area contributed by atoms with Crippen molar-refractivity contribution in [3.63, 3.8) is 0 Å². The Kier molecular flexibility index (Phi) is 4.50. The van der Waals surface area contributed by atoms with E-state index < -0.39 is 0 Å². The highest BCUT2D eigenvalue weighted by Crippen LogP contribution is 2.29. The van der Waals surface area contributed by atoms with Gasteiger partial charge in [-0.2, -0.15) is 0 Å². The van der Waals surface area contributed by atoms with Crippen molar-refractivity contribution < 1.29 is 4.79 Å². The number of carbonyl (C=O) groups excluding carboxylic acids is 1. The smallest absolute Gasteiger partial charge is 0.223 e. The highest BCUT2D eigenvalue weighted by atomic mass is 32.1. The molecule has 1 aliphatic heterocycles. The molecule has 1 saturated heterocycles. The summed E-state index contributed by atoms with van der Waals surface area (Å²) in [6.45, 7) is 2.53. The molecule has 0 radical (unpaired) electrons. The minimum atomic E-state index is 0.275. The number of aromatic nitrogens is 1. The van der Waals surface area contributed by atoms with E-state index in [1.54, 1.807) is 11.3 Å². The molecule has 0 atom stereocenters. The second-order valence-electron chi connectivity index (χ2n) is 4.38. The standard InChI is InChI=1S/C12H19N3OS/c1-13-5-2-11(16)15-7-3-10(4-8-15)12-14-6-9-17-12/h6,9-10,13H,2-5,7-8H2,1H3. The average Bonchev–Trinajstić information content (AvgIpc) is 2.90. The van der Waals surface area contributed by atoms with Crippen LogP contribution in [-0.2, 0) is 4.79 Å². The normalized spacial score (nSPS) is 17.4. The molecule has 1 aromatic rings. The van der Waals surface area contributed by atoms with Gasteiger partial charge in [0.25, 0.3) is 0 Å². The number of carbonyl (C=O) groups is 1. The van der Waals surface area contributed by atoms with Crippen molar-refractivity contribution in [3.05, 3.63) is 16.6 Å². The highest BCUT2D eigenvalue weighted by molar-refractivity contribution is 7.09. The average molecular weight is 253 g/mol. The molecule has 0 aliphatic carbocycles. The van der Waals surface area contributed by atoms with Crippen molar-refractivity contribution in [1.82, 2.24) is 15.2 Å². The summed E-state index contributed by atoms with van der Waals surface area (Å²) in [4.78, 5) is 18.2. The maximum absolute atomic E-state index is 11.8. The minimum absolute atomic E-state index is 0.275. The van der Waals surface area contributed by atoms with Crippen LogP contribution < -0.4 is 5.32 Å². The van der Waals surface area contributed by atoms with Crippen LogP contribution in [0.25, 0.3) is 0 Å². The minimum Gasteiger partial charge on any atom is -0.343 e. The third kappa shape index (κ3) is 3.26. The number of thiazole rings is 1. The summed E-state index contributed by atoms with van der Waals surface area (Å²) in [5, 5.41) is 6.27. The molecule has 0 bridgehead atoms. The molecule has 17 heavy (non-hydrogen) atoms. The number of rotatable bonds is 4. The van der Waals surface area contributed by atoms with Gasteiger partial charge in [0.15, 0.2) is 0 Å². The molecule has 1 N–H and O–H groups in total. The Morgan fingerprint density at radius 2 is 2.35 bits per heavy atom. The van der Waals surface area contributed by atoms with E-state index in [0.717, 1.165) is 32.5 Å². The molecule has 94 valence electrons. The van der Waals surface area contributed by atoms with Gasteiger partial charge in [0.2, 0.25) is 5.91 Å². The quantitative estimate of drug-likeness (QED) is 0.883. The number of hydrogen-bond acceptors (Lipinski definition) is 4. The maximum Gasteiger partial charge on any atom is 0.223 e. The summed E-state index contributed by atoms with van der Waals surface area (Å²) in [5.41, 5.74) is 0. The number of hydrogen-bond donors (Lipinski definition) is 1. The zero-order chi connectivity index (χ0) is 12.1. The van der Waals surface area contributed by atoms with E-state index in [1.165, 1.54) is 5.01 Å². The van der Waals surface area contributed by atoms with E-state index in [9.17, 15) is 4.79 Å². The number of nitrogens with zero attached hydrogens (tertiary/aromatic N) is 2. The lowest BCUT2D eigenvalue weighted by Crippen LogP contribution is -2.38. The van der Waals surface area contributed by atoms with Gasteiger partial charge in [-0.05, 0) is 19.9 Å². The Hall–Kier alpha value is -0.940. The summed E-state index contributed by atoms with van der Waals surface area (Å²) < 4.78 is 0. The number of nitrogens with one attached hydrogen (secondary N) is 1. The molecule has 0 aromatic carbocycles. The third-order valence-electron chi connectivity index (χ3n) is 3.24. The lowest BCUT2D eigenvalue weighted by Gasteiger charge is -2.31. The van der Waals surface area contributed by atoms with E-state index in [-0.39, 0.29) is 5.91 Å². The lowest BCUT2D eigenvalue weighted by atomic mass is 9.97. The monoisotopic (exact) mass is 253 g/mol. The van der Waals surface area contributed by atoms with Gasteiger partial charge in [0, 0.05) is 43.5 Å². The van der Waals surface area contributed by atoms with Crippen LogP contribution in [0, 0.1) is 0 Å². The van der Waals surface area contributed by atoms with E-state index in [2.05, 4.69) is 10.3 Å². The Bertz CT molecular complexity index is 345. The van der Waals surface area contributed by atoms with Crippen LogP contribution in [0.4, 0.5) is 0 Å². The molecule has 1 aromatic heterocycles. The van der Waals surface area contributed by atoms with Gasteiger partial charge < -0.3 is 10.2 Å². The van der Waals surface area contributed by atoms with E-state index in [4.69, 9.17) is 0 Å². The third-order valence-corrected chi connectivity index (χ3v) is 4.18. The molecule has 0 spiro atoms. The summed E-state index contributed by atoms with van der Waals surface area (Å²) in [7, 11) is 1.88. The fourth-order valence-corrected chi connectivity index (χ4v) is 3.01. The molecule has 1 amide bonds. The predicted molar refractivity (Wildman–Crippen MR) is 69.2 cm³/mol. The maximum atomic E-state index is 11.8. The summed E-state index contributed by atoms with van der Waals surface area (Å²) >= 11 is 1.73. The van der Waals surface area contributed by atoms with Crippen LogP contribution in [0.3, 0.4) is 0 Å². The van der Waals surface area contributed by atoms with Gasteiger partial charge in [-0.15, -0.1) is 11.3 Å². The predicted octanol–water partition coefficient (Wildman–Crippen LogP) is 1.46. The Labute approximate surface area is 106 Å². The van der Waals surface area contributed by atoms with Crippen LogP contribution in [0.15, 0.2) is 11.6 Å². The lowest BCUT2D eigenvalue weighted by molar-refractivity contribution is -0.132. The number of amides is 1. The van der Waals surface area contributed by atoms with Gasteiger partial charge in [-0.3, -0.25) is 4.79 Å². The topological polar surface area (TPSA) is 45.2 Å². The molecule has 2 heterocycles. The van der Waals surface area contributed by atoms with Crippen molar-refractivity contribution in [2.45, 2.75) is 25.2 Å². The second-order valence-corrected chi connectivity index (χ2v) is 5.31. The molecule has 2 rings (SSSR count). The van der Waals surface area contributed by atoms with Crippen molar-refractivity contribution in [3.8, 4) is 0 Å². The molecule has 4 nitrogen and oxygen atoms in total. The summed E-state index contributed by atoms with van der Waals surface area (Å²) in [6.07, 6.45) is 4.58. The fraction of sp³-hybridized carbons (Fsp3) is 0.667. The Morgan fingerprint density at radius 1 is 1.59 bits per heavy atom. The van der Waals surface area contributed by atoms with Crippen molar-refractivity contribution in [2.75, 3.05) is 26.7 Å². The van der Waals surface area contributed by atoms with Crippen molar-refractivity contribution in [2.24, 2.45) is 0 Å². The SMILES string of the molecule is CNCCC(=O)N1CCC(c2nccs2)CC1. The van der Waals surface area contributed by atoms with Crippen LogP contribution in [0.1, 0.15) is 30.2 Å². The molecule has 1 fully saturated rings. The summed E-state index contributed by atoms with van der Waals surface area (Å²) in [6, 6.07) is 0. The second kappa shape index (κ2) is 6.12. The summed E-state index contributed by atoms with van der Waals surface area (Å²) in [5.74, 6) is 0.834. The molecule has 5 heteroatoms. The first-order valence-corrected chi connectivity index (χ1v) is 7.01. The first-order chi connectivity index (χ1) is 8.31. The van der Waals surface area contributed by atoms with Gasteiger partial charge in [-0.1, -0.05) is 0 Å². The Morgan fingerprint density at radius 3 is 2.94 bits per heavy atom.